The number of benzene rings is 1. The molecule has 0 bridgehead atoms. The minimum absolute atomic E-state index is 0.0340. The minimum atomic E-state index is -3.56. The lowest BCUT2D eigenvalue weighted by Gasteiger charge is -2.35. The first-order valence-electron chi connectivity index (χ1n) is 17.3. The molecule has 5 rings (SSSR count). The highest BCUT2D eigenvalue weighted by Gasteiger charge is 2.45. The molecule has 2 aliphatic rings. The van der Waals surface area contributed by atoms with E-state index in [0.717, 1.165) is 34.9 Å². The molecule has 2 saturated heterocycles. The number of halogens is 3. The number of piperidine rings is 1. The number of anilines is 2. The fourth-order valence-electron chi connectivity index (χ4n) is 6.62. The average Bonchev–Trinajstić information content (AvgIpc) is 3.09. The summed E-state index contributed by atoms with van der Waals surface area (Å²) < 4.78 is 79.1. The number of nitrogens with zero attached hydrogens (tertiary/aromatic N) is 5. The van der Waals surface area contributed by atoms with Gasteiger partial charge in [0.15, 0.2) is 15.7 Å². The van der Waals surface area contributed by atoms with E-state index in [1.165, 1.54) is 19.2 Å². The Labute approximate surface area is 294 Å². The van der Waals surface area contributed by atoms with Crippen LogP contribution in [0.4, 0.5) is 29.6 Å². The van der Waals surface area contributed by atoms with E-state index in [1.807, 2.05) is 0 Å². The number of nitrogens with one attached hydrogen (secondary N) is 1. The molecule has 3 N–H and O–H groups in total. The number of sulfone groups is 1. The van der Waals surface area contributed by atoms with E-state index in [9.17, 15) is 23.1 Å². The number of hydrogen-bond donors (Lipinski definition) is 3. The van der Waals surface area contributed by atoms with Crippen LogP contribution in [0, 0.1) is 11.7 Å². The molecule has 0 unspecified atom stereocenters. The van der Waals surface area contributed by atoms with Gasteiger partial charge in [-0.25, -0.2) is 31.1 Å². The fourth-order valence-corrected chi connectivity index (χ4v) is 7.82. The number of fused-ring (bicyclic) bond motifs is 1. The minimum Gasteiger partial charge on any atom is -0.477 e. The number of rotatable bonds is 14. The van der Waals surface area contributed by atoms with Crippen LogP contribution >= 0.6 is 0 Å². The van der Waals surface area contributed by atoms with Crippen molar-refractivity contribution in [1.82, 2.24) is 19.7 Å². The maximum atomic E-state index is 16.0. The monoisotopic (exact) mass is 738 g/mol. The first-order chi connectivity index (χ1) is 24.2. The largest absolute Gasteiger partial charge is 0.477 e. The summed E-state index contributed by atoms with van der Waals surface area (Å²) in [5, 5.41) is 26.1. The van der Waals surface area contributed by atoms with Gasteiger partial charge in [-0.15, -0.1) is 0 Å². The third-order valence-corrected chi connectivity index (χ3v) is 11.3. The number of ether oxygens (including phenoxy) is 1. The number of carbonyl (C=O) groups is 1. The molecule has 1 atom stereocenters. The number of hydrogen-bond acceptors (Lipinski definition) is 10. The quantitative estimate of drug-likeness (QED) is 0.197. The zero-order chi connectivity index (χ0) is 36.9. The number of aliphatic hydroxyl groups excluding tert-OH is 1. The molecule has 2 aromatic heterocycles. The molecule has 2 aliphatic heterocycles. The molecule has 0 aliphatic carbocycles. The Bertz CT molecular complexity index is 1870. The normalized spacial score (nSPS) is 17.5. The van der Waals surface area contributed by atoms with Crippen LogP contribution in [-0.2, 0) is 22.8 Å². The van der Waals surface area contributed by atoms with Gasteiger partial charge in [-0.3, -0.25) is 4.79 Å². The lowest BCUT2D eigenvalue weighted by molar-refractivity contribution is -0.0861. The molecule has 2 fully saturated rings. The van der Waals surface area contributed by atoms with Gasteiger partial charge in [0.2, 0.25) is 5.88 Å². The van der Waals surface area contributed by atoms with Gasteiger partial charge in [0.1, 0.15) is 17.0 Å². The zero-order valence-electron chi connectivity index (χ0n) is 28.8. The Balaban J connectivity index is 1.47. The molecule has 0 spiro atoms. The van der Waals surface area contributed by atoms with Gasteiger partial charge in [0.25, 0.3) is 11.5 Å². The van der Waals surface area contributed by atoms with Crippen molar-refractivity contribution in [1.29, 1.82) is 0 Å². The Hall–Kier alpha value is -4.12. The van der Waals surface area contributed by atoms with E-state index in [1.54, 1.807) is 17.9 Å². The van der Waals surface area contributed by atoms with E-state index >= 15 is 13.2 Å². The summed E-state index contributed by atoms with van der Waals surface area (Å²) in [6, 6.07) is 4.47. The molecular weight excluding hydrogens is 693 g/mol. The van der Waals surface area contributed by atoms with Crippen molar-refractivity contribution in [2.24, 2.45) is 13.0 Å². The van der Waals surface area contributed by atoms with Crippen LogP contribution in [0.15, 0.2) is 29.1 Å². The molecule has 13 nitrogen and oxygen atoms in total. The van der Waals surface area contributed by atoms with E-state index in [2.05, 4.69) is 15.4 Å². The van der Waals surface area contributed by atoms with E-state index in [0.29, 0.717) is 18.7 Å². The maximum absolute atomic E-state index is 16.0. The van der Waals surface area contributed by atoms with Gasteiger partial charge >= 0.3 is 6.09 Å². The molecule has 3 aromatic rings. The second-order valence-corrected chi connectivity index (χ2v) is 15.5. The Morgan fingerprint density at radius 2 is 1.76 bits per heavy atom. The van der Waals surface area contributed by atoms with Crippen LogP contribution < -0.4 is 20.5 Å². The molecule has 51 heavy (non-hydrogen) atoms. The molecule has 17 heteroatoms. The van der Waals surface area contributed by atoms with Gasteiger partial charge in [-0.1, -0.05) is 37.5 Å². The highest BCUT2D eigenvalue weighted by molar-refractivity contribution is 7.91. The second kappa shape index (κ2) is 16.0. The zero-order valence-corrected chi connectivity index (χ0v) is 29.6. The smallest absolute Gasteiger partial charge is 0.407 e. The number of aryl methyl sites for hydroxylation is 1. The SMILES string of the molecule is C[C@@H](Nc1nn(C)c(=O)c2c(OCCCCCCCO)nc(N3CCS(=O)(=O)CC3)cc12)c1cccc(C(F)(F)C2CCN(C(=O)O)CC2)c1F. The molecular formula is C34H45F3N6O7S. The van der Waals surface area contributed by atoms with Crippen LogP contribution in [0.2, 0.25) is 0 Å². The molecule has 1 aromatic carbocycles. The lowest BCUT2D eigenvalue weighted by Crippen LogP contribution is -2.42. The van der Waals surface area contributed by atoms with Gasteiger partial charge < -0.3 is 30.1 Å². The van der Waals surface area contributed by atoms with Crippen molar-refractivity contribution in [3.05, 3.63) is 51.6 Å². The Morgan fingerprint density at radius 3 is 2.43 bits per heavy atom. The molecule has 280 valence electrons. The van der Waals surface area contributed by atoms with E-state index in [4.69, 9.17) is 9.84 Å². The summed E-state index contributed by atoms with van der Waals surface area (Å²) in [4.78, 5) is 32.3. The summed E-state index contributed by atoms with van der Waals surface area (Å²) in [6.07, 6.45) is 2.56. The maximum Gasteiger partial charge on any atom is 0.407 e. The van der Waals surface area contributed by atoms with Crippen molar-refractivity contribution in [3.63, 3.8) is 0 Å². The number of pyridine rings is 1. The molecule has 0 radical (unpaired) electrons. The van der Waals surface area contributed by atoms with Crippen molar-refractivity contribution in [2.45, 2.75) is 63.8 Å². The van der Waals surface area contributed by atoms with Crippen LogP contribution in [-0.4, -0.2) is 95.3 Å². The van der Waals surface area contributed by atoms with Crippen LogP contribution in [0.3, 0.4) is 0 Å². The van der Waals surface area contributed by atoms with Gasteiger partial charge in [-0.05, 0) is 38.7 Å². The number of aliphatic hydroxyl groups is 1. The second-order valence-electron chi connectivity index (χ2n) is 13.2. The highest BCUT2D eigenvalue weighted by atomic mass is 32.2. The van der Waals surface area contributed by atoms with Crippen molar-refractivity contribution in [2.75, 3.05) is 61.1 Å². The first kappa shape index (κ1) is 38.1. The summed E-state index contributed by atoms with van der Waals surface area (Å²) >= 11 is 0. The highest BCUT2D eigenvalue weighted by Crippen LogP contribution is 2.44. The Kier molecular flexibility index (Phi) is 12.0. The topological polar surface area (TPSA) is 167 Å². The van der Waals surface area contributed by atoms with Gasteiger partial charge in [0, 0.05) is 56.7 Å². The van der Waals surface area contributed by atoms with Crippen LogP contribution in [0.1, 0.15) is 69.0 Å². The Morgan fingerprint density at radius 1 is 1.10 bits per heavy atom. The summed E-state index contributed by atoms with van der Waals surface area (Å²) in [5.41, 5.74) is -1.35. The van der Waals surface area contributed by atoms with Gasteiger partial charge in [-0.2, -0.15) is 10.1 Å². The third kappa shape index (κ3) is 8.68. The standard InChI is InChI=1S/C34H45F3N6O7S/c1-22(24-9-8-10-26(29(24)35)34(36,37)23-11-13-43(14-12-23)33(46)47)38-30-25-21-27(42-15-19-51(48,49)20-16-42)39-31(28(25)32(45)41(2)40-30)50-18-7-5-3-4-6-17-44/h8-10,21-23,44H,3-7,11-20H2,1-2H3,(H,38,40)(H,46,47)/t22-/m1/s1. The summed E-state index contributed by atoms with van der Waals surface area (Å²) in [5.74, 6) is -5.52. The first-order valence-corrected chi connectivity index (χ1v) is 19.1. The van der Waals surface area contributed by atoms with Gasteiger partial charge in [0.05, 0.1) is 29.7 Å². The number of alkyl halides is 2. The van der Waals surface area contributed by atoms with E-state index in [-0.39, 0.29) is 91.8 Å². The number of aromatic nitrogens is 3. The summed E-state index contributed by atoms with van der Waals surface area (Å²) in [7, 11) is -1.78. The van der Waals surface area contributed by atoms with Crippen molar-refractivity contribution in [3.8, 4) is 5.88 Å². The molecule has 1 amide bonds. The third-order valence-electron chi connectivity index (χ3n) is 9.68. The molecule has 4 heterocycles. The predicted octanol–water partition coefficient (Wildman–Crippen LogP) is 4.68. The molecule has 0 saturated carbocycles. The van der Waals surface area contributed by atoms with Crippen LogP contribution in [0.5, 0.6) is 5.88 Å². The van der Waals surface area contributed by atoms with Crippen LogP contribution in [0.25, 0.3) is 10.8 Å². The predicted molar refractivity (Wildman–Crippen MR) is 186 cm³/mol. The van der Waals surface area contributed by atoms with Crippen molar-refractivity contribution < 1.29 is 41.3 Å². The van der Waals surface area contributed by atoms with Crippen molar-refractivity contribution >= 4 is 38.3 Å². The van der Waals surface area contributed by atoms with E-state index < -0.39 is 50.8 Å². The fraction of sp³-hybridized carbons (Fsp3) is 0.588. The number of unbranched alkanes of at least 4 members (excludes halogenated alkanes) is 4. The number of likely N-dealkylation sites (tertiary alicyclic amines) is 1. The summed E-state index contributed by atoms with van der Waals surface area (Å²) in [6.45, 7) is 2.15. The average molecular weight is 739 g/mol. The number of carboxylic acid groups (broad SMARTS) is 1. The number of amides is 1. The lowest BCUT2D eigenvalue weighted by atomic mass is 9.85.